The van der Waals surface area contributed by atoms with E-state index in [-0.39, 0.29) is 24.5 Å². The summed E-state index contributed by atoms with van der Waals surface area (Å²) < 4.78 is 6.69. The molecule has 0 aliphatic rings. The Labute approximate surface area is 203 Å². The first kappa shape index (κ1) is 24.5. The van der Waals surface area contributed by atoms with Gasteiger partial charge in [0, 0.05) is 23.5 Å². The summed E-state index contributed by atoms with van der Waals surface area (Å²) in [6.45, 7) is 3.98. The molecule has 3 aromatic rings. The molecule has 1 atom stereocenters. The number of halogens is 1. The van der Waals surface area contributed by atoms with Crippen LogP contribution in [0.25, 0.3) is 0 Å². The monoisotopic (exact) mass is 508 g/mol. The zero-order valence-corrected chi connectivity index (χ0v) is 20.5. The molecule has 0 aromatic heterocycles. The quantitative estimate of drug-likeness (QED) is 0.419. The summed E-state index contributed by atoms with van der Waals surface area (Å²) in [5.74, 6) is 0.167. The van der Waals surface area contributed by atoms with Crippen molar-refractivity contribution in [2.24, 2.45) is 0 Å². The maximum atomic E-state index is 13.4. The number of nitrogens with zero attached hydrogens (tertiary/aromatic N) is 1. The number of hydrogen-bond acceptors (Lipinski definition) is 3. The fourth-order valence-corrected chi connectivity index (χ4v) is 3.74. The summed E-state index contributed by atoms with van der Waals surface area (Å²) in [7, 11) is 0. The van der Waals surface area contributed by atoms with E-state index in [0.717, 1.165) is 15.6 Å². The lowest BCUT2D eigenvalue weighted by Gasteiger charge is -2.32. The molecule has 0 aliphatic heterocycles. The van der Waals surface area contributed by atoms with Crippen molar-refractivity contribution >= 4 is 27.7 Å². The Morgan fingerprint density at radius 1 is 0.879 bits per heavy atom. The van der Waals surface area contributed by atoms with Crippen molar-refractivity contribution in [1.29, 1.82) is 0 Å². The van der Waals surface area contributed by atoms with Crippen LogP contribution in [-0.2, 0) is 22.6 Å². The first-order chi connectivity index (χ1) is 15.9. The highest BCUT2D eigenvalue weighted by molar-refractivity contribution is 9.10. The highest BCUT2D eigenvalue weighted by Crippen LogP contribution is 2.18. The third kappa shape index (κ3) is 7.75. The molecule has 3 rings (SSSR count). The molecule has 2 amide bonds. The predicted octanol–water partition coefficient (Wildman–Crippen LogP) is 4.99. The number of hydrogen-bond donors (Lipinski definition) is 1. The molecule has 33 heavy (non-hydrogen) atoms. The van der Waals surface area contributed by atoms with Crippen molar-refractivity contribution in [3.63, 3.8) is 0 Å². The van der Waals surface area contributed by atoms with Crippen LogP contribution in [0, 0.1) is 0 Å². The van der Waals surface area contributed by atoms with Crippen LogP contribution >= 0.6 is 15.9 Å². The summed E-state index contributed by atoms with van der Waals surface area (Å²) >= 11 is 3.40. The Hall–Kier alpha value is -3.12. The van der Waals surface area contributed by atoms with Gasteiger partial charge in [-0.05, 0) is 49.2 Å². The molecule has 0 spiro atoms. The lowest BCUT2D eigenvalue weighted by molar-refractivity contribution is -0.143. The van der Waals surface area contributed by atoms with E-state index < -0.39 is 6.04 Å². The molecule has 0 radical (unpaired) electrons. The van der Waals surface area contributed by atoms with Gasteiger partial charge in [-0.2, -0.15) is 0 Å². The van der Waals surface area contributed by atoms with Crippen LogP contribution in [0.15, 0.2) is 89.4 Å². The van der Waals surface area contributed by atoms with E-state index in [1.165, 1.54) is 0 Å². The second-order valence-corrected chi connectivity index (χ2v) is 9.03. The first-order valence-corrected chi connectivity index (χ1v) is 11.8. The topological polar surface area (TPSA) is 58.6 Å². The zero-order chi connectivity index (χ0) is 23.6. The van der Waals surface area contributed by atoms with E-state index in [9.17, 15) is 9.59 Å². The lowest BCUT2D eigenvalue weighted by atomic mass is 10.0. The normalized spacial score (nSPS) is 11.6. The van der Waals surface area contributed by atoms with Gasteiger partial charge < -0.3 is 15.0 Å². The maximum absolute atomic E-state index is 13.4. The fourth-order valence-electron chi connectivity index (χ4n) is 3.47. The van der Waals surface area contributed by atoms with Crippen LogP contribution in [0.3, 0.4) is 0 Å². The Kier molecular flexibility index (Phi) is 9.07. The summed E-state index contributed by atoms with van der Waals surface area (Å²) in [6, 6.07) is 26.0. The van der Waals surface area contributed by atoms with Crippen molar-refractivity contribution in [3.8, 4) is 5.75 Å². The summed E-state index contributed by atoms with van der Waals surface area (Å²) in [5.41, 5.74) is 1.94. The molecule has 0 bridgehead atoms. The highest BCUT2D eigenvalue weighted by Gasteiger charge is 2.31. The summed E-state index contributed by atoms with van der Waals surface area (Å²) in [5, 5.41) is 2.99. The molecule has 6 heteroatoms. The average Bonchev–Trinajstić information content (AvgIpc) is 2.81. The van der Waals surface area contributed by atoms with Crippen LogP contribution in [0.4, 0.5) is 0 Å². The number of carbonyl (C=O) groups excluding carboxylic acids is 2. The number of nitrogens with one attached hydrogen (secondary N) is 1. The predicted molar refractivity (Wildman–Crippen MR) is 134 cm³/mol. The van der Waals surface area contributed by atoms with Crippen molar-refractivity contribution in [2.45, 2.75) is 38.9 Å². The average molecular weight is 509 g/mol. The molecule has 0 fully saturated rings. The number of carbonyl (C=O) groups is 2. The molecule has 5 nitrogen and oxygen atoms in total. The van der Waals surface area contributed by atoms with Crippen LogP contribution in [0.2, 0.25) is 0 Å². The smallest absolute Gasteiger partial charge is 0.261 e. The van der Waals surface area contributed by atoms with Gasteiger partial charge in [-0.15, -0.1) is 0 Å². The van der Waals surface area contributed by atoms with E-state index >= 15 is 0 Å². The van der Waals surface area contributed by atoms with E-state index in [4.69, 9.17) is 4.74 Å². The highest BCUT2D eigenvalue weighted by atomic mass is 79.9. The van der Waals surface area contributed by atoms with Gasteiger partial charge in [0.2, 0.25) is 5.91 Å². The SMILES string of the molecule is CC(C)NC(=O)[C@H](Cc1ccccc1)N(Cc1ccccc1)C(=O)COc1ccc(Br)cc1. The minimum Gasteiger partial charge on any atom is -0.484 e. The molecular formula is C27H29BrN2O3. The van der Waals surface area contributed by atoms with Crippen molar-refractivity contribution in [2.75, 3.05) is 6.61 Å². The lowest BCUT2D eigenvalue weighted by Crippen LogP contribution is -2.52. The van der Waals surface area contributed by atoms with Crippen molar-refractivity contribution in [3.05, 3.63) is 101 Å². The molecule has 0 saturated heterocycles. The van der Waals surface area contributed by atoms with Gasteiger partial charge in [-0.3, -0.25) is 9.59 Å². The van der Waals surface area contributed by atoms with Crippen LogP contribution in [0.1, 0.15) is 25.0 Å². The molecule has 0 saturated carbocycles. The Morgan fingerprint density at radius 3 is 2.03 bits per heavy atom. The second-order valence-electron chi connectivity index (χ2n) is 8.12. The largest absolute Gasteiger partial charge is 0.484 e. The van der Waals surface area contributed by atoms with E-state index in [1.807, 2.05) is 86.6 Å². The van der Waals surface area contributed by atoms with Crippen LogP contribution in [0.5, 0.6) is 5.75 Å². The maximum Gasteiger partial charge on any atom is 0.261 e. The van der Waals surface area contributed by atoms with Gasteiger partial charge in [0.15, 0.2) is 6.61 Å². The second kappa shape index (κ2) is 12.2. The van der Waals surface area contributed by atoms with Gasteiger partial charge in [-0.25, -0.2) is 0 Å². The standard InChI is InChI=1S/C27H29BrN2O3/c1-20(2)29-27(32)25(17-21-9-5-3-6-10-21)30(18-22-11-7-4-8-12-22)26(31)19-33-24-15-13-23(28)14-16-24/h3-16,20,25H,17-19H2,1-2H3,(H,29,32)/t25-/m0/s1. The Bertz CT molecular complexity index is 1020. The van der Waals surface area contributed by atoms with Gasteiger partial charge in [0.1, 0.15) is 11.8 Å². The minimum absolute atomic E-state index is 0.0385. The van der Waals surface area contributed by atoms with Gasteiger partial charge in [0.25, 0.3) is 5.91 Å². The number of ether oxygens (including phenoxy) is 1. The minimum atomic E-state index is -0.670. The van der Waals surface area contributed by atoms with Crippen LogP contribution < -0.4 is 10.1 Å². The Morgan fingerprint density at radius 2 is 1.45 bits per heavy atom. The van der Waals surface area contributed by atoms with E-state index in [2.05, 4.69) is 21.2 Å². The molecule has 0 unspecified atom stereocenters. The van der Waals surface area contributed by atoms with Gasteiger partial charge >= 0.3 is 0 Å². The van der Waals surface area contributed by atoms with Crippen LogP contribution in [-0.4, -0.2) is 35.4 Å². The van der Waals surface area contributed by atoms with Crippen molar-refractivity contribution < 1.29 is 14.3 Å². The number of benzene rings is 3. The number of amides is 2. The third-order valence-corrected chi connectivity index (χ3v) is 5.60. The van der Waals surface area contributed by atoms with E-state index in [1.54, 1.807) is 17.0 Å². The summed E-state index contributed by atoms with van der Waals surface area (Å²) in [4.78, 5) is 28.3. The molecule has 172 valence electrons. The number of rotatable bonds is 10. The summed E-state index contributed by atoms with van der Waals surface area (Å²) in [6.07, 6.45) is 0.413. The fraction of sp³-hybridized carbons (Fsp3) is 0.259. The van der Waals surface area contributed by atoms with Crippen molar-refractivity contribution in [1.82, 2.24) is 10.2 Å². The van der Waals surface area contributed by atoms with Gasteiger partial charge in [-0.1, -0.05) is 76.6 Å². The molecule has 0 heterocycles. The third-order valence-electron chi connectivity index (χ3n) is 5.07. The zero-order valence-electron chi connectivity index (χ0n) is 18.9. The Balaban J connectivity index is 1.87. The first-order valence-electron chi connectivity index (χ1n) is 11.0. The molecular weight excluding hydrogens is 480 g/mol. The molecule has 3 aromatic carbocycles. The molecule has 0 aliphatic carbocycles. The molecule has 1 N–H and O–H groups in total. The van der Waals surface area contributed by atoms with Gasteiger partial charge in [0.05, 0.1) is 0 Å². The van der Waals surface area contributed by atoms with E-state index in [0.29, 0.717) is 18.7 Å².